The molecular formula is C14H16ClF3N2O. The van der Waals surface area contributed by atoms with E-state index in [4.69, 9.17) is 11.6 Å². The summed E-state index contributed by atoms with van der Waals surface area (Å²) in [6, 6.07) is 7.12. The summed E-state index contributed by atoms with van der Waals surface area (Å²) in [5.74, 6) is -0.318. The summed E-state index contributed by atoms with van der Waals surface area (Å²) in [6.45, 7) is -0.908. The van der Waals surface area contributed by atoms with Gasteiger partial charge in [0.1, 0.15) is 0 Å². The monoisotopic (exact) mass is 320 g/mol. The Morgan fingerprint density at radius 2 is 2.19 bits per heavy atom. The predicted octanol–water partition coefficient (Wildman–Crippen LogP) is 3.16. The molecule has 7 heteroatoms. The van der Waals surface area contributed by atoms with Gasteiger partial charge in [0.2, 0.25) is 5.91 Å². The number of hydrogen-bond donors (Lipinski definition) is 1. The van der Waals surface area contributed by atoms with Crippen LogP contribution in [0.25, 0.3) is 0 Å². The first-order valence-electron chi connectivity index (χ1n) is 6.69. The van der Waals surface area contributed by atoms with E-state index in [0.29, 0.717) is 11.6 Å². The smallest absolute Gasteiger partial charge is 0.335 e. The number of nitrogens with zero attached hydrogens (tertiary/aromatic N) is 1. The molecule has 116 valence electrons. The second kappa shape index (κ2) is 6.66. The fourth-order valence-electron chi connectivity index (χ4n) is 2.54. The molecule has 21 heavy (non-hydrogen) atoms. The van der Waals surface area contributed by atoms with Crippen molar-refractivity contribution in [3.63, 3.8) is 0 Å². The first-order chi connectivity index (χ1) is 9.87. The second-order valence-corrected chi connectivity index (χ2v) is 5.46. The van der Waals surface area contributed by atoms with Gasteiger partial charge < -0.3 is 10.2 Å². The number of halogens is 4. The van der Waals surface area contributed by atoms with Crippen LogP contribution in [0.2, 0.25) is 5.02 Å². The maximum atomic E-state index is 12.1. The number of carbonyl (C=O) groups is 1. The van der Waals surface area contributed by atoms with E-state index in [1.807, 2.05) is 6.07 Å². The van der Waals surface area contributed by atoms with Crippen molar-refractivity contribution < 1.29 is 18.0 Å². The van der Waals surface area contributed by atoms with E-state index in [0.717, 1.165) is 18.4 Å². The van der Waals surface area contributed by atoms with Crippen molar-refractivity contribution in [3.05, 3.63) is 34.9 Å². The molecule has 1 aliphatic heterocycles. The van der Waals surface area contributed by atoms with Gasteiger partial charge in [-0.1, -0.05) is 23.7 Å². The van der Waals surface area contributed by atoms with E-state index in [9.17, 15) is 18.0 Å². The van der Waals surface area contributed by atoms with Crippen molar-refractivity contribution in [2.45, 2.75) is 25.1 Å². The van der Waals surface area contributed by atoms with Crippen molar-refractivity contribution in [1.82, 2.24) is 10.2 Å². The van der Waals surface area contributed by atoms with Gasteiger partial charge in [0, 0.05) is 11.6 Å². The molecule has 3 nitrogen and oxygen atoms in total. The van der Waals surface area contributed by atoms with E-state index in [1.54, 1.807) is 23.1 Å². The molecule has 0 bridgehead atoms. The molecule has 1 aromatic rings. The molecule has 0 aromatic heterocycles. The van der Waals surface area contributed by atoms with Crippen molar-refractivity contribution >= 4 is 17.5 Å². The SMILES string of the molecule is O=C(CNCC(F)(F)F)N1CCCC1c1cccc(Cl)c1. The fourth-order valence-corrected chi connectivity index (χ4v) is 2.74. The van der Waals surface area contributed by atoms with Crippen LogP contribution in [0, 0.1) is 0 Å². The van der Waals surface area contributed by atoms with Crippen molar-refractivity contribution in [2.24, 2.45) is 0 Å². The van der Waals surface area contributed by atoms with E-state index >= 15 is 0 Å². The highest BCUT2D eigenvalue weighted by molar-refractivity contribution is 6.30. The summed E-state index contributed by atoms with van der Waals surface area (Å²) >= 11 is 5.94. The number of benzene rings is 1. The predicted molar refractivity (Wildman–Crippen MR) is 74.1 cm³/mol. The van der Waals surface area contributed by atoms with Crippen LogP contribution < -0.4 is 5.32 Å². The zero-order valence-corrected chi connectivity index (χ0v) is 12.0. The molecule has 1 aliphatic rings. The maximum absolute atomic E-state index is 12.1. The van der Waals surface area contributed by atoms with Gasteiger partial charge in [-0.2, -0.15) is 13.2 Å². The van der Waals surface area contributed by atoms with Gasteiger partial charge in [0.15, 0.2) is 0 Å². The van der Waals surface area contributed by atoms with Crippen LogP contribution in [-0.4, -0.2) is 36.6 Å². The number of carbonyl (C=O) groups excluding carboxylic acids is 1. The van der Waals surface area contributed by atoms with Gasteiger partial charge in [0.05, 0.1) is 19.1 Å². The maximum Gasteiger partial charge on any atom is 0.401 e. The number of rotatable bonds is 4. The summed E-state index contributed by atoms with van der Waals surface area (Å²) in [5, 5.41) is 2.73. The van der Waals surface area contributed by atoms with Crippen LogP contribution in [0.3, 0.4) is 0 Å². The Hall–Kier alpha value is -1.27. The quantitative estimate of drug-likeness (QED) is 0.924. The highest BCUT2D eigenvalue weighted by Crippen LogP contribution is 2.32. The number of alkyl halides is 3. The molecule has 1 atom stereocenters. The van der Waals surface area contributed by atoms with Crippen LogP contribution in [0.4, 0.5) is 13.2 Å². The Labute approximate surface area is 126 Å². The van der Waals surface area contributed by atoms with Gasteiger partial charge >= 0.3 is 6.18 Å². The average molecular weight is 321 g/mol. The van der Waals surface area contributed by atoms with Crippen molar-refractivity contribution in [1.29, 1.82) is 0 Å². The largest absolute Gasteiger partial charge is 0.401 e. The van der Waals surface area contributed by atoms with Gasteiger partial charge in [-0.05, 0) is 30.5 Å². The summed E-state index contributed by atoms with van der Waals surface area (Å²) in [7, 11) is 0. The summed E-state index contributed by atoms with van der Waals surface area (Å²) in [5.41, 5.74) is 0.921. The highest BCUT2D eigenvalue weighted by atomic mass is 35.5. The Kier molecular flexibility index (Phi) is 5.11. The van der Waals surface area contributed by atoms with Crippen LogP contribution in [0.1, 0.15) is 24.4 Å². The van der Waals surface area contributed by atoms with E-state index in [2.05, 4.69) is 5.32 Å². The fraction of sp³-hybridized carbons (Fsp3) is 0.500. The highest BCUT2D eigenvalue weighted by Gasteiger charge is 2.31. The van der Waals surface area contributed by atoms with E-state index in [-0.39, 0.29) is 18.5 Å². The van der Waals surface area contributed by atoms with Gasteiger partial charge in [-0.25, -0.2) is 0 Å². The van der Waals surface area contributed by atoms with Crippen LogP contribution in [-0.2, 0) is 4.79 Å². The molecule has 0 saturated carbocycles. The summed E-state index contributed by atoms with van der Waals surface area (Å²) < 4.78 is 36.2. The lowest BCUT2D eigenvalue weighted by atomic mass is 10.0. The zero-order valence-electron chi connectivity index (χ0n) is 11.3. The Morgan fingerprint density at radius 1 is 1.43 bits per heavy atom. The minimum Gasteiger partial charge on any atom is -0.335 e. The Balaban J connectivity index is 1.97. The number of amides is 1. The molecule has 2 rings (SSSR count). The topological polar surface area (TPSA) is 32.3 Å². The molecule has 0 radical (unpaired) electrons. The molecule has 1 amide bonds. The molecule has 1 heterocycles. The van der Waals surface area contributed by atoms with Gasteiger partial charge in [0.25, 0.3) is 0 Å². The van der Waals surface area contributed by atoms with Crippen molar-refractivity contribution in [3.8, 4) is 0 Å². The lowest BCUT2D eigenvalue weighted by Crippen LogP contribution is -2.40. The standard InChI is InChI=1S/C14H16ClF3N2O/c15-11-4-1-3-10(7-11)12-5-2-6-20(12)13(21)8-19-9-14(16,17)18/h1,3-4,7,12,19H,2,5-6,8-9H2. The van der Waals surface area contributed by atoms with Crippen LogP contribution in [0.5, 0.6) is 0 Å². The number of hydrogen-bond acceptors (Lipinski definition) is 2. The van der Waals surface area contributed by atoms with Gasteiger partial charge in [-0.3, -0.25) is 4.79 Å². The van der Waals surface area contributed by atoms with Crippen LogP contribution in [0.15, 0.2) is 24.3 Å². The number of likely N-dealkylation sites (tertiary alicyclic amines) is 1. The third kappa shape index (κ3) is 4.61. The lowest BCUT2D eigenvalue weighted by molar-refractivity contribution is -0.134. The normalized spacial score (nSPS) is 19.0. The molecule has 0 aliphatic carbocycles. The Bertz CT molecular complexity index is 507. The van der Waals surface area contributed by atoms with E-state index in [1.165, 1.54) is 0 Å². The molecular weight excluding hydrogens is 305 g/mol. The molecule has 0 spiro atoms. The van der Waals surface area contributed by atoms with E-state index < -0.39 is 12.7 Å². The zero-order chi connectivity index (χ0) is 15.5. The first-order valence-corrected chi connectivity index (χ1v) is 7.07. The Morgan fingerprint density at radius 3 is 2.86 bits per heavy atom. The molecule has 1 saturated heterocycles. The third-order valence-electron chi connectivity index (χ3n) is 3.41. The summed E-state index contributed by atoms with van der Waals surface area (Å²) in [4.78, 5) is 13.7. The molecule has 1 fully saturated rings. The third-order valence-corrected chi connectivity index (χ3v) is 3.64. The minimum atomic E-state index is -4.31. The second-order valence-electron chi connectivity index (χ2n) is 5.02. The molecule has 1 N–H and O–H groups in total. The number of nitrogens with one attached hydrogen (secondary N) is 1. The first kappa shape index (κ1) is 16.1. The van der Waals surface area contributed by atoms with Crippen molar-refractivity contribution in [2.75, 3.05) is 19.6 Å². The average Bonchev–Trinajstić information content (AvgIpc) is 2.86. The molecule has 1 unspecified atom stereocenters. The van der Waals surface area contributed by atoms with Crippen LogP contribution >= 0.6 is 11.6 Å². The molecule has 1 aromatic carbocycles. The van der Waals surface area contributed by atoms with Gasteiger partial charge in [-0.15, -0.1) is 0 Å². The summed E-state index contributed by atoms with van der Waals surface area (Å²) in [6.07, 6.45) is -2.68. The lowest BCUT2D eigenvalue weighted by Gasteiger charge is -2.25. The minimum absolute atomic E-state index is 0.108.